The van der Waals surface area contributed by atoms with Gasteiger partial charge >= 0.3 is 5.97 Å². The van der Waals surface area contributed by atoms with Gasteiger partial charge in [-0.15, -0.1) is 0 Å². The zero-order valence-corrected chi connectivity index (χ0v) is 14.5. The highest BCUT2D eigenvalue weighted by Gasteiger charge is 2.25. The van der Waals surface area contributed by atoms with Gasteiger partial charge in [0.1, 0.15) is 5.69 Å². The average molecular weight is 337 g/mol. The first-order valence-corrected chi connectivity index (χ1v) is 8.37. The van der Waals surface area contributed by atoms with Crippen LogP contribution < -0.4 is 4.72 Å². The van der Waals surface area contributed by atoms with Crippen molar-refractivity contribution in [2.75, 3.05) is 11.8 Å². The Morgan fingerprint density at radius 3 is 2.43 bits per heavy atom. The maximum atomic E-state index is 12.6. The zero-order chi connectivity index (χ0) is 17.4. The third-order valence-corrected chi connectivity index (χ3v) is 5.09. The third-order valence-electron chi connectivity index (χ3n) is 3.74. The van der Waals surface area contributed by atoms with E-state index < -0.39 is 16.0 Å². The van der Waals surface area contributed by atoms with Gasteiger partial charge in [0, 0.05) is 7.05 Å². The molecule has 0 amide bonds. The van der Waals surface area contributed by atoms with Crippen LogP contribution >= 0.6 is 0 Å². The summed E-state index contributed by atoms with van der Waals surface area (Å²) >= 11 is 0. The van der Waals surface area contributed by atoms with Crippen LogP contribution in [0.15, 0.2) is 23.1 Å². The molecule has 0 atom stereocenters. The molecule has 0 aliphatic carbocycles. The fourth-order valence-electron chi connectivity index (χ4n) is 2.04. The number of nitrogens with one attached hydrogen (secondary N) is 1. The van der Waals surface area contributed by atoms with E-state index in [1.165, 1.54) is 17.9 Å². The highest BCUT2D eigenvalue weighted by Crippen LogP contribution is 2.25. The second-order valence-electron chi connectivity index (χ2n) is 5.28. The van der Waals surface area contributed by atoms with Crippen molar-refractivity contribution in [2.24, 2.45) is 7.05 Å². The first-order chi connectivity index (χ1) is 10.7. The lowest BCUT2D eigenvalue weighted by Gasteiger charge is -2.10. The number of aryl methyl sites for hydroxylation is 3. The largest absolute Gasteiger partial charge is 0.464 e. The van der Waals surface area contributed by atoms with Gasteiger partial charge in [0.15, 0.2) is 5.69 Å². The lowest BCUT2D eigenvalue weighted by Crippen LogP contribution is -2.16. The van der Waals surface area contributed by atoms with E-state index in [4.69, 9.17) is 0 Å². The number of benzene rings is 1. The molecule has 1 N–H and O–H groups in total. The second kappa shape index (κ2) is 6.04. The number of methoxy groups -OCH3 is 1. The minimum Gasteiger partial charge on any atom is -0.464 e. The summed E-state index contributed by atoms with van der Waals surface area (Å²) in [6.07, 6.45) is 0. The summed E-state index contributed by atoms with van der Waals surface area (Å²) in [5.74, 6) is -0.702. The van der Waals surface area contributed by atoms with Gasteiger partial charge in [0.25, 0.3) is 10.0 Å². The number of esters is 1. The minimum atomic E-state index is -3.84. The third kappa shape index (κ3) is 3.21. The Kier molecular flexibility index (Phi) is 4.46. The van der Waals surface area contributed by atoms with Crippen LogP contribution in [-0.2, 0) is 21.8 Å². The van der Waals surface area contributed by atoms with Crippen molar-refractivity contribution < 1.29 is 17.9 Å². The van der Waals surface area contributed by atoms with Crippen LogP contribution in [0.4, 0.5) is 5.69 Å². The van der Waals surface area contributed by atoms with Crippen molar-refractivity contribution in [3.05, 3.63) is 40.7 Å². The number of ether oxygens (including phenoxy) is 1. The number of hydrogen-bond acceptors (Lipinski definition) is 5. The van der Waals surface area contributed by atoms with Crippen LogP contribution in [0.1, 0.15) is 27.3 Å². The van der Waals surface area contributed by atoms with Gasteiger partial charge in [-0.05, 0) is 44.0 Å². The van der Waals surface area contributed by atoms with Crippen LogP contribution in [0.2, 0.25) is 0 Å². The zero-order valence-electron chi connectivity index (χ0n) is 13.7. The number of hydrogen-bond donors (Lipinski definition) is 1. The van der Waals surface area contributed by atoms with Gasteiger partial charge in [0.2, 0.25) is 0 Å². The number of rotatable bonds is 4. The van der Waals surface area contributed by atoms with E-state index in [0.717, 1.165) is 11.1 Å². The topological polar surface area (TPSA) is 90.3 Å². The van der Waals surface area contributed by atoms with E-state index in [9.17, 15) is 13.2 Å². The quantitative estimate of drug-likeness (QED) is 0.861. The fourth-order valence-corrected chi connectivity index (χ4v) is 3.25. The highest BCUT2D eigenvalue weighted by molar-refractivity contribution is 7.92. The minimum absolute atomic E-state index is 0.0695. The summed E-state index contributed by atoms with van der Waals surface area (Å²) in [7, 11) is -1.00. The summed E-state index contributed by atoms with van der Waals surface area (Å²) in [6.45, 7) is 5.40. The summed E-state index contributed by atoms with van der Waals surface area (Å²) < 4.78 is 33.7. The standard InChI is InChI=1S/C15H19N3O4S/c1-9-6-7-12(8-10(9)2)23(20,21)17-13-11(3)18(4)16-14(13)15(19)22-5/h6-8,17H,1-5H3. The van der Waals surface area contributed by atoms with E-state index in [0.29, 0.717) is 5.69 Å². The molecule has 7 nitrogen and oxygen atoms in total. The number of aromatic nitrogens is 2. The van der Waals surface area contributed by atoms with Crippen molar-refractivity contribution >= 4 is 21.7 Å². The van der Waals surface area contributed by atoms with E-state index in [1.54, 1.807) is 26.1 Å². The van der Waals surface area contributed by atoms with Crippen LogP contribution in [0.25, 0.3) is 0 Å². The number of anilines is 1. The van der Waals surface area contributed by atoms with Crippen molar-refractivity contribution in [3.8, 4) is 0 Å². The van der Waals surface area contributed by atoms with Gasteiger partial charge in [0.05, 0.1) is 17.7 Å². The molecule has 0 spiro atoms. The lowest BCUT2D eigenvalue weighted by atomic mass is 10.1. The molecule has 0 aliphatic heterocycles. The van der Waals surface area contributed by atoms with Gasteiger partial charge in [-0.2, -0.15) is 5.10 Å². The van der Waals surface area contributed by atoms with E-state index in [1.807, 2.05) is 13.8 Å². The number of carbonyl (C=O) groups is 1. The van der Waals surface area contributed by atoms with Gasteiger partial charge in [-0.3, -0.25) is 9.40 Å². The first-order valence-electron chi connectivity index (χ1n) is 6.89. The molecule has 1 aromatic heterocycles. The molecule has 0 fully saturated rings. The maximum Gasteiger partial charge on any atom is 0.360 e. The summed E-state index contributed by atoms with van der Waals surface area (Å²) in [4.78, 5) is 11.9. The molecule has 0 bridgehead atoms. The van der Waals surface area contributed by atoms with Crippen molar-refractivity contribution in [1.29, 1.82) is 0 Å². The molecule has 0 saturated heterocycles. The first kappa shape index (κ1) is 17.0. The van der Waals surface area contributed by atoms with Gasteiger partial charge in [-0.1, -0.05) is 6.07 Å². The van der Waals surface area contributed by atoms with Crippen LogP contribution in [0.5, 0.6) is 0 Å². The van der Waals surface area contributed by atoms with Crippen LogP contribution in [-0.4, -0.2) is 31.3 Å². The smallest absolute Gasteiger partial charge is 0.360 e. The fraction of sp³-hybridized carbons (Fsp3) is 0.333. The molecule has 23 heavy (non-hydrogen) atoms. The molecule has 1 aromatic carbocycles. The normalized spacial score (nSPS) is 11.3. The Bertz CT molecular complexity index is 869. The molecule has 0 radical (unpaired) electrons. The summed E-state index contributed by atoms with van der Waals surface area (Å²) in [6, 6.07) is 4.84. The number of sulfonamides is 1. The summed E-state index contributed by atoms with van der Waals surface area (Å²) in [5, 5.41) is 4.01. The van der Waals surface area contributed by atoms with Crippen LogP contribution in [0, 0.1) is 20.8 Å². The maximum absolute atomic E-state index is 12.6. The predicted molar refractivity (Wildman–Crippen MR) is 86.0 cm³/mol. The molecule has 2 rings (SSSR count). The van der Waals surface area contributed by atoms with Gasteiger partial charge in [-0.25, -0.2) is 13.2 Å². The Morgan fingerprint density at radius 2 is 1.87 bits per heavy atom. The number of carbonyl (C=O) groups excluding carboxylic acids is 1. The lowest BCUT2D eigenvalue weighted by molar-refractivity contribution is 0.0594. The molecule has 124 valence electrons. The molecule has 0 saturated carbocycles. The molecule has 8 heteroatoms. The second-order valence-corrected chi connectivity index (χ2v) is 6.96. The van der Waals surface area contributed by atoms with E-state index in [2.05, 4.69) is 14.6 Å². The number of nitrogens with zero attached hydrogens (tertiary/aromatic N) is 2. The van der Waals surface area contributed by atoms with E-state index in [-0.39, 0.29) is 16.3 Å². The Labute approximate surface area is 135 Å². The Morgan fingerprint density at radius 1 is 1.22 bits per heavy atom. The molecule has 1 heterocycles. The Hall–Kier alpha value is -2.35. The molecule has 0 unspecified atom stereocenters. The van der Waals surface area contributed by atoms with E-state index >= 15 is 0 Å². The van der Waals surface area contributed by atoms with Crippen molar-refractivity contribution in [3.63, 3.8) is 0 Å². The molecule has 2 aromatic rings. The summed E-state index contributed by atoms with van der Waals surface area (Å²) in [5.41, 5.74) is 2.43. The molecular weight excluding hydrogens is 318 g/mol. The van der Waals surface area contributed by atoms with Gasteiger partial charge < -0.3 is 4.74 Å². The predicted octanol–water partition coefficient (Wildman–Crippen LogP) is 1.93. The van der Waals surface area contributed by atoms with Crippen LogP contribution in [0.3, 0.4) is 0 Å². The average Bonchev–Trinajstić information content (AvgIpc) is 2.77. The Balaban J connectivity index is 2.49. The van der Waals surface area contributed by atoms with Crippen molar-refractivity contribution in [1.82, 2.24) is 9.78 Å². The van der Waals surface area contributed by atoms with Crippen molar-refractivity contribution in [2.45, 2.75) is 25.7 Å². The molecule has 0 aliphatic rings. The highest BCUT2D eigenvalue weighted by atomic mass is 32.2. The molecular formula is C15H19N3O4S. The SMILES string of the molecule is COC(=O)c1nn(C)c(C)c1NS(=O)(=O)c1ccc(C)c(C)c1. The monoisotopic (exact) mass is 337 g/mol.